The first-order valence-corrected chi connectivity index (χ1v) is 9.21. The minimum atomic E-state index is -0.139. The van der Waals surface area contributed by atoms with Crippen LogP contribution in [0.4, 0.5) is 0 Å². The molecule has 0 radical (unpaired) electrons. The van der Waals surface area contributed by atoms with Crippen LogP contribution in [0.1, 0.15) is 47.3 Å². The molecule has 2 N–H and O–H groups in total. The monoisotopic (exact) mass is 365 g/mol. The van der Waals surface area contributed by atoms with Crippen molar-refractivity contribution in [3.8, 4) is 5.75 Å². The lowest BCUT2D eigenvalue weighted by atomic mass is 9.90. The van der Waals surface area contributed by atoms with Crippen molar-refractivity contribution in [1.29, 1.82) is 0 Å². The van der Waals surface area contributed by atoms with Crippen LogP contribution in [0.25, 0.3) is 5.65 Å². The number of nitrogens with one attached hydrogen (secondary N) is 1. The predicted molar refractivity (Wildman–Crippen MR) is 102 cm³/mol. The van der Waals surface area contributed by atoms with E-state index in [1.165, 1.54) is 0 Å². The van der Waals surface area contributed by atoms with Gasteiger partial charge in [-0.05, 0) is 43.2 Å². The lowest BCUT2D eigenvalue weighted by Crippen LogP contribution is -2.21. The molecule has 140 valence electrons. The maximum Gasteiger partial charge on any atom is 0.221 e. The van der Waals surface area contributed by atoms with Gasteiger partial charge in [-0.3, -0.25) is 4.79 Å². The van der Waals surface area contributed by atoms with Crippen molar-refractivity contribution in [3.63, 3.8) is 0 Å². The van der Waals surface area contributed by atoms with E-state index in [1.807, 2.05) is 44.2 Å². The van der Waals surface area contributed by atoms with Crippen molar-refractivity contribution in [2.45, 2.75) is 39.3 Å². The number of hydrogen-bond acceptors (Lipinski definition) is 4. The molecule has 4 rings (SSSR count). The third-order valence-electron chi connectivity index (χ3n) is 5.01. The largest absolute Gasteiger partial charge is 0.494 e. The van der Waals surface area contributed by atoms with Crippen LogP contribution in [0.3, 0.4) is 0 Å². The Kier molecular flexibility index (Phi) is 4.58. The van der Waals surface area contributed by atoms with Crippen LogP contribution in [0, 0.1) is 6.92 Å². The molecule has 6 heteroatoms. The first-order valence-electron chi connectivity index (χ1n) is 9.21. The zero-order valence-electron chi connectivity index (χ0n) is 15.5. The molecule has 0 bridgehead atoms. The minimum Gasteiger partial charge on any atom is -0.494 e. The molecule has 1 atom stereocenters. The molecule has 0 spiro atoms. The van der Waals surface area contributed by atoms with E-state index in [2.05, 4.69) is 15.9 Å². The summed E-state index contributed by atoms with van der Waals surface area (Å²) in [6.07, 6.45) is 2.40. The number of aliphatic hydroxyl groups is 1. The standard InChI is InChI=1S/C21H23N3O3/c1-3-27-18-6-5-14(8-15(18)12-25)16-9-20(26)22-10-17-21(16)24-11-13(2)4-7-19(24)23-17/h4-8,11,16,25H,3,9-10,12H2,1-2H3,(H,22,26). The van der Waals surface area contributed by atoms with Crippen LogP contribution < -0.4 is 10.1 Å². The van der Waals surface area contributed by atoms with E-state index in [0.717, 1.165) is 33.7 Å². The lowest BCUT2D eigenvalue weighted by molar-refractivity contribution is -0.121. The second-order valence-electron chi connectivity index (χ2n) is 6.87. The Hall–Kier alpha value is -2.86. The Morgan fingerprint density at radius 3 is 2.96 bits per heavy atom. The Balaban J connectivity index is 1.88. The zero-order chi connectivity index (χ0) is 19.0. The SMILES string of the molecule is CCOc1ccc(C2CC(=O)NCc3nc4ccc(C)cn4c32)cc1CO. The molecule has 0 fully saturated rings. The quantitative estimate of drug-likeness (QED) is 0.745. The molecule has 1 aliphatic heterocycles. The number of fused-ring (bicyclic) bond motifs is 3. The fourth-order valence-corrected chi connectivity index (χ4v) is 3.77. The van der Waals surface area contributed by atoms with Crippen molar-refractivity contribution in [2.75, 3.05) is 6.61 Å². The van der Waals surface area contributed by atoms with Gasteiger partial charge in [-0.25, -0.2) is 4.98 Å². The number of pyridine rings is 1. The van der Waals surface area contributed by atoms with Gasteiger partial charge in [0.2, 0.25) is 5.91 Å². The first-order chi connectivity index (χ1) is 13.1. The third kappa shape index (κ3) is 3.17. The summed E-state index contributed by atoms with van der Waals surface area (Å²) in [5.41, 5.74) is 5.62. The van der Waals surface area contributed by atoms with Gasteiger partial charge in [0.15, 0.2) is 0 Å². The molecule has 1 aromatic carbocycles. The number of aromatic nitrogens is 2. The molecule has 0 saturated carbocycles. The molecule has 1 amide bonds. The smallest absolute Gasteiger partial charge is 0.221 e. The lowest BCUT2D eigenvalue weighted by Gasteiger charge is -2.18. The molecule has 0 saturated heterocycles. The fraction of sp³-hybridized carbons (Fsp3) is 0.333. The Bertz CT molecular complexity index is 1010. The van der Waals surface area contributed by atoms with Gasteiger partial charge in [-0.1, -0.05) is 12.1 Å². The topological polar surface area (TPSA) is 75.9 Å². The summed E-state index contributed by atoms with van der Waals surface area (Å²) in [4.78, 5) is 17.1. The van der Waals surface area contributed by atoms with E-state index in [-0.39, 0.29) is 18.4 Å². The molecule has 1 aliphatic rings. The second-order valence-corrected chi connectivity index (χ2v) is 6.87. The van der Waals surface area contributed by atoms with Gasteiger partial charge in [-0.15, -0.1) is 0 Å². The number of imidazole rings is 1. The number of benzene rings is 1. The van der Waals surface area contributed by atoms with Crippen molar-refractivity contribution in [1.82, 2.24) is 14.7 Å². The summed E-state index contributed by atoms with van der Waals surface area (Å²) in [6.45, 7) is 4.81. The van der Waals surface area contributed by atoms with E-state index in [1.54, 1.807) is 0 Å². The number of hydrogen-bond donors (Lipinski definition) is 2. The van der Waals surface area contributed by atoms with Crippen molar-refractivity contribution < 1.29 is 14.6 Å². The third-order valence-corrected chi connectivity index (χ3v) is 5.01. The molecule has 1 unspecified atom stereocenters. The van der Waals surface area contributed by atoms with Gasteiger partial charge in [0, 0.05) is 24.1 Å². The van der Waals surface area contributed by atoms with E-state index in [4.69, 9.17) is 9.72 Å². The Morgan fingerprint density at radius 2 is 2.19 bits per heavy atom. The highest BCUT2D eigenvalue weighted by molar-refractivity contribution is 5.78. The summed E-state index contributed by atoms with van der Waals surface area (Å²) in [6, 6.07) is 9.83. The number of carbonyl (C=O) groups is 1. The molecule has 0 aliphatic carbocycles. The van der Waals surface area contributed by atoms with Gasteiger partial charge >= 0.3 is 0 Å². The van der Waals surface area contributed by atoms with Gasteiger partial charge in [0.05, 0.1) is 31.1 Å². The molecule has 2 aromatic heterocycles. The van der Waals surface area contributed by atoms with Gasteiger partial charge in [-0.2, -0.15) is 0 Å². The number of nitrogens with zero attached hydrogens (tertiary/aromatic N) is 2. The Morgan fingerprint density at radius 1 is 1.33 bits per heavy atom. The highest BCUT2D eigenvalue weighted by Crippen LogP contribution is 2.35. The van der Waals surface area contributed by atoms with Crippen LogP contribution in [-0.4, -0.2) is 27.0 Å². The molecule has 3 aromatic rings. The summed E-state index contributed by atoms with van der Waals surface area (Å²) in [5, 5.41) is 12.7. The van der Waals surface area contributed by atoms with Crippen LogP contribution >= 0.6 is 0 Å². The molecule has 6 nitrogen and oxygen atoms in total. The van der Waals surface area contributed by atoms with Crippen molar-refractivity contribution >= 4 is 11.6 Å². The number of ether oxygens (including phenoxy) is 1. The average Bonchev–Trinajstić information content (AvgIpc) is 2.93. The highest BCUT2D eigenvalue weighted by Gasteiger charge is 2.29. The average molecular weight is 365 g/mol. The molecule has 27 heavy (non-hydrogen) atoms. The van der Waals surface area contributed by atoms with E-state index in [9.17, 15) is 9.90 Å². The van der Waals surface area contributed by atoms with Crippen molar-refractivity contribution in [3.05, 3.63) is 64.6 Å². The van der Waals surface area contributed by atoms with E-state index < -0.39 is 0 Å². The minimum absolute atomic E-state index is 0.00108. The van der Waals surface area contributed by atoms with Crippen LogP contribution in [0.5, 0.6) is 5.75 Å². The van der Waals surface area contributed by atoms with Crippen molar-refractivity contribution in [2.24, 2.45) is 0 Å². The first kappa shape index (κ1) is 17.5. The maximum absolute atomic E-state index is 12.3. The van der Waals surface area contributed by atoms with E-state index in [0.29, 0.717) is 25.3 Å². The number of carbonyl (C=O) groups excluding carboxylic acids is 1. The van der Waals surface area contributed by atoms with Crippen LogP contribution in [0.15, 0.2) is 36.5 Å². The zero-order valence-corrected chi connectivity index (χ0v) is 15.5. The number of aryl methyl sites for hydroxylation is 1. The normalized spacial score (nSPS) is 16.7. The maximum atomic E-state index is 12.3. The van der Waals surface area contributed by atoms with Gasteiger partial charge in [0.25, 0.3) is 0 Å². The summed E-state index contributed by atoms with van der Waals surface area (Å²) < 4.78 is 7.69. The molecular weight excluding hydrogens is 342 g/mol. The second kappa shape index (κ2) is 7.04. The summed E-state index contributed by atoms with van der Waals surface area (Å²) in [7, 11) is 0. The van der Waals surface area contributed by atoms with Crippen LogP contribution in [-0.2, 0) is 17.9 Å². The van der Waals surface area contributed by atoms with Gasteiger partial charge in [0.1, 0.15) is 11.4 Å². The van der Waals surface area contributed by atoms with E-state index >= 15 is 0 Å². The summed E-state index contributed by atoms with van der Waals surface area (Å²) >= 11 is 0. The van der Waals surface area contributed by atoms with Gasteiger partial charge < -0.3 is 19.6 Å². The number of aliphatic hydroxyl groups excluding tert-OH is 1. The number of amides is 1. The summed E-state index contributed by atoms with van der Waals surface area (Å²) in [5.74, 6) is 0.537. The number of rotatable bonds is 4. The molecule has 3 heterocycles. The molecular formula is C21H23N3O3. The Labute approximate surface area is 157 Å². The van der Waals surface area contributed by atoms with Crippen LogP contribution in [0.2, 0.25) is 0 Å². The fourth-order valence-electron chi connectivity index (χ4n) is 3.77. The predicted octanol–water partition coefficient (Wildman–Crippen LogP) is 2.69. The highest BCUT2D eigenvalue weighted by atomic mass is 16.5.